The van der Waals surface area contributed by atoms with Crippen LogP contribution in [0, 0.1) is 0 Å². The van der Waals surface area contributed by atoms with Gasteiger partial charge in [0, 0.05) is 50.7 Å². The lowest BCUT2D eigenvalue weighted by atomic mass is 10.1. The summed E-state index contributed by atoms with van der Waals surface area (Å²) in [5.41, 5.74) is 1.12. The largest absolute Gasteiger partial charge is 0.367 e. The lowest BCUT2D eigenvalue weighted by Crippen LogP contribution is -2.42. The molecule has 0 spiro atoms. The molecule has 1 unspecified atom stereocenters. The van der Waals surface area contributed by atoms with Crippen LogP contribution in [0.25, 0.3) is 0 Å². The van der Waals surface area contributed by atoms with E-state index in [0.29, 0.717) is 5.82 Å². The summed E-state index contributed by atoms with van der Waals surface area (Å²) in [5, 5.41) is 7.71. The molecule has 1 atom stereocenters. The van der Waals surface area contributed by atoms with Gasteiger partial charge in [-0.25, -0.2) is 13.4 Å². The molecule has 2 aromatic rings. The van der Waals surface area contributed by atoms with E-state index < -0.39 is 10.0 Å². The van der Waals surface area contributed by atoms with E-state index in [1.807, 2.05) is 51.8 Å². The highest BCUT2D eigenvalue weighted by Gasteiger charge is 2.30. The molecule has 1 fully saturated rings. The quantitative estimate of drug-likeness (QED) is 0.742. The predicted octanol–water partition coefficient (Wildman–Crippen LogP) is 2.70. The maximum atomic E-state index is 13.0. The van der Waals surface area contributed by atoms with Crippen LogP contribution in [0.4, 0.5) is 11.5 Å². The molecule has 1 N–H and O–H groups in total. The number of pyridine rings is 1. The monoisotopic (exact) mass is 420 g/mol. The number of nitrogens with zero attached hydrogens (tertiary/aromatic N) is 5. The zero-order valence-corrected chi connectivity index (χ0v) is 18.7. The summed E-state index contributed by atoms with van der Waals surface area (Å²) < 4.78 is 29.3. The van der Waals surface area contributed by atoms with Crippen molar-refractivity contribution in [3.63, 3.8) is 0 Å². The van der Waals surface area contributed by atoms with E-state index in [1.54, 1.807) is 12.1 Å². The fourth-order valence-corrected chi connectivity index (χ4v) is 5.78. The van der Waals surface area contributed by atoms with Crippen LogP contribution in [-0.4, -0.2) is 58.7 Å². The Morgan fingerprint density at radius 1 is 1.17 bits per heavy atom. The first kappa shape index (κ1) is 21.6. The van der Waals surface area contributed by atoms with Crippen molar-refractivity contribution in [3.8, 4) is 0 Å². The molecule has 0 saturated carbocycles. The van der Waals surface area contributed by atoms with Gasteiger partial charge in [0.05, 0.1) is 11.9 Å². The molecule has 1 saturated heterocycles. The summed E-state index contributed by atoms with van der Waals surface area (Å²) in [7, 11) is -1.65. The molecular formula is C20H32N6O2S. The zero-order chi connectivity index (χ0) is 21.2. The topological polar surface area (TPSA) is 83.4 Å². The van der Waals surface area contributed by atoms with E-state index in [-0.39, 0.29) is 23.0 Å². The first-order valence-corrected chi connectivity index (χ1v) is 11.6. The molecule has 0 aliphatic carbocycles. The average Bonchev–Trinajstić information content (AvgIpc) is 3.08. The Labute approximate surface area is 174 Å². The van der Waals surface area contributed by atoms with Gasteiger partial charge in [0.15, 0.2) is 0 Å². The highest BCUT2D eigenvalue weighted by atomic mass is 32.2. The molecule has 0 radical (unpaired) electrons. The van der Waals surface area contributed by atoms with Gasteiger partial charge >= 0.3 is 0 Å². The molecule has 0 aromatic carbocycles. The van der Waals surface area contributed by atoms with Crippen molar-refractivity contribution in [3.05, 3.63) is 30.7 Å². The van der Waals surface area contributed by atoms with E-state index in [1.165, 1.54) is 10.5 Å². The Kier molecular flexibility index (Phi) is 6.48. The second-order valence-corrected chi connectivity index (χ2v) is 10.0. The molecule has 3 rings (SSSR count). The van der Waals surface area contributed by atoms with Gasteiger partial charge < -0.3 is 10.2 Å². The van der Waals surface area contributed by atoms with Crippen molar-refractivity contribution >= 4 is 21.5 Å². The second-order valence-electron chi connectivity index (χ2n) is 8.20. The molecule has 0 amide bonds. The van der Waals surface area contributed by atoms with E-state index in [4.69, 9.17) is 0 Å². The maximum Gasteiger partial charge on any atom is 0.245 e. The van der Waals surface area contributed by atoms with Gasteiger partial charge in [-0.2, -0.15) is 9.40 Å². The van der Waals surface area contributed by atoms with Gasteiger partial charge in [0.25, 0.3) is 0 Å². The summed E-state index contributed by atoms with van der Waals surface area (Å²) in [5.74, 6) is 0.697. The number of sulfonamides is 1. The molecule has 9 heteroatoms. The minimum atomic E-state index is -3.57. The lowest BCUT2D eigenvalue weighted by molar-refractivity contribution is 0.302. The third-order valence-electron chi connectivity index (χ3n) is 5.16. The third kappa shape index (κ3) is 4.90. The van der Waals surface area contributed by atoms with Crippen molar-refractivity contribution in [2.24, 2.45) is 7.05 Å². The summed E-state index contributed by atoms with van der Waals surface area (Å²) in [6.45, 7) is 9.42. The predicted molar refractivity (Wildman–Crippen MR) is 116 cm³/mol. The van der Waals surface area contributed by atoms with Gasteiger partial charge in [0.1, 0.15) is 10.7 Å². The molecule has 29 heavy (non-hydrogen) atoms. The lowest BCUT2D eigenvalue weighted by Gasteiger charge is -2.34. The Bertz CT molecular complexity index is 899. The second kappa shape index (κ2) is 8.71. The van der Waals surface area contributed by atoms with Gasteiger partial charge in [0.2, 0.25) is 10.0 Å². The number of hydrogen-bond acceptors (Lipinski definition) is 6. The highest BCUT2D eigenvalue weighted by molar-refractivity contribution is 7.89. The first-order chi connectivity index (χ1) is 13.7. The van der Waals surface area contributed by atoms with E-state index in [9.17, 15) is 8.42 Å². The molecule has 8 nitrogen and oxygen atoms in total. The molecule has 2 aromatic heterocycles. The van der Waals surface area contributed by atoms with Gasteiger partial charge in [-0.15, -0.1) is 0 Å². The fraction of sp³-hybridized carbons (Fsp3) is 0.600. The van der Waals surface area contributed by atoms with E-state index in [0.717, 1.165) is 31.6 Å². The molecule has 1 aliphatic heterocycles. The Hall–Kier alpha value is -2.13. The molecular weight excluding hydrogens is 388 g/mol. The van der Waals surface area contributed by atoms with E-state index in [2.05, 4.69) is 20.3 Å². The third-order valence-corrected chi connectivity index (χ3v) is 7.40. The number of rotatable bonds is 7. The number of aryl methyl sites for hydroxylation is 1. The number of piperidine rings is 1. The maximum absolute atomic E-state index is 13.0. The summed E-state index contributed by atoms with van der Waals surface area (Å²) in [4.78, 5) is 6.93. The zero-order valence-electron chi connectivity index (χ0n) is 17.9. The molecule has 1 aliphatic rings. The minimum Gasteiger partial charge on any atom is -0.367 e. The standard InChI is InChI=1S/C20H32N6O2S/c1-15(2)26(16(3)4)29(27,28)19-8-9-20(21-12-19)23-17-7-6-10-25(13-17)18-11-22-24(5)14-18/h8-9,11-12,14-17H,6-7,10,13H2,1-5H3,(H,21,23). The number of nitrogens with one attached hydrogen (secondary N) is 1. The summed E-state index contributed by atoms with van der Waals surface area (Å²) in [6.07, 6.45) is 7.49. The van der Waals surface area contributed by atoms with Gasteiger partial charge in [-0.05, 0) is 52.7 Å². The Balaban J connectivity index is 1.69. The number of aromatic nitrogens is 3. The SMILES string of the molecule is CC(C)N(C(C)C)S(=O)(=O)c1ccc(NC2CCCN(c3cnn(C)c3)C2)nc1. The number of hydrogen-bond donors (Lipinski definition) is 1. The van der Waals surface area contributed by atoms with Crippen molar-refractivity contribution in [2.45, 2.75) is 63.6 Å². The van der Waals surface area contributed by atoms with Crippen LogP contribution in [0.3, 0.4) is 0 Å². The van der Waals surface area contributed by atoms with Crippen LogP contribution in [-0.2, 0) is 17.1 Å². The van der Waals surface area contributed by atoms with Crippen LogP contribution in [0.5, 0.6) is 0 Å². The summed E-state index contributed by atoms with van der Waals surface area (Å²) in [6, 6.07) is 3.43. The van der Waals surface area contributed by atoms with Crippen LogP contribution in [0.2, 0.25) is 0 Å². The Morgan fingerprint density at radius 3 is 2.45 bits per heavy atom. The number of anilines is 2. The fourth-order valence-electron chi connectivity index (χ4n) is 4.00. The van der Waals surface area contributed by atoms with Crippen molar-refractivity contribution in [1.29, 1.82) is 0 Å². The highest BCUT2D eigenvalue weighted by Crippen LogP contribution is 2.23. The average molecular weight is 421 g/mol. The minimum absolute atomic E-state index is 0.113. The van der Waals surface area contributed by atoms with Crippen molar-refractivity contribution < 1.29 is 8.42 Å². The van der Waals surface area contributed by atoms with Crippen molar-refractivity contribution in [2.75, 3.05) is 23.3 Å². The van der Waals surface area contributed by atoms with Crippen LogP contribution in [0.1, 0.15) is 40.5 Å². The Morgan fingerprint density at radius 2 is 1.90 bits per heavy atom. The normalized spacial score (nSPS) is 18.1. The van der Waals surface area contributed by atoms with Gasteiger partial charge in [-0.3, -0.25) is 4.68 Å². The first-order valence-electron chi connectivity index (χ1n) is 10.2. The van der Waals surface area contributed by atoms with Crippen LogP contribution in [0.15, 0.2) is 35.6 Å². The van der Waals surface area contributed by atoms with Crippen LogP contribution >= 0.6 is 0 Å². The van der Waals surface area contributed by atoms with Crippen LogP contribution < -0.4 is 10.2 Å². The summed E-state index contributed by atoms with van der Waals surface area (Å²) >= 11 is 0. The molecule has 3 heterocycles. The van der Waals surface area contributed by atoms with E-state index >= 15 is 0 Å². The van der Waals surface area contributed by atoms with Crippen molar-refractivity contribution in [1.82, 2.24) is 19.1 Å². The van der Waals surface area contributed by atoms with Gasteiger partial charge in [-0.1, -0.05) is 0 Å². The molecule has 0 bridgehead atoms. The molecule has 160 valence electrons. The smallest absolute Gasteiger partial charge is 0.245 e.